The van der Waals surface area contributed by atoms with Crippen LogP contribution in [0.5, 0.6) is 0 Å². The van der Waals surface area contributed by atoms with E-state index < -0.39 is 0 Å². The smallest absolute Gasteiger partial charge is 0.273 e. The quantitative estimate of drug-likeness (QED) is 0.844. The first-order valence-electron chi connectivity index (χ1n) is 6.02. The second-order valence-electron chi connectivity index (χ2n) is 4.25. The predicted molar refractivity (Wildman–Crippen MR) is 70.3 cm³/mol. The van der Waals surface area contributed by atoms with Crippen LogP contribution in [0.25, 0.3) is 5.69 Å². The lowest BCUT2D eigenvalue weighted by molar-refractivity contribution is 0.0939. The molecule has 0 spiro atoms. The maximum Gasteiger partial charge on any atom is 0.273 e. The number of hydrogen-bond acceptors (Lipinski definition) is 4. The molecule has 1 aromatic heterocycles. The molecule has 0 unspecified atom stereocenters. The fraction of sp³-hybridized carbons (Fsp3) is 0.308. The summed E-state index contributed by atoms with van der Waals surface area (Å²) in [5, 5.41) is 19.1. The standard InChI is InChI=1S/C13H16N4O2/c1-9-3-5-11(6-4-9)17-10(2)12(15-16-17)13(19)14-7-8-18/h3-6,18H,7-8H2,1-2H3,(H,14,19). The van der Waals surface area contributed by atoms with E-state index in [4.69, 9.17) is 5.11 Å². The Hall–Kier alpha value is -2.21. The first-order chi connectivity index (χ1) is 9.13. The van der Waals surface area contributed by atoms with E-state index in [-0.39, 0.29) is 24.8 Å². The van der Waals surface area contributed by atoms with Gasteiger partial charge in [0, 0.05) is 6.54 Å². The van der Waals surface area contributed by atoms with E-state index in [1.807, 2.05) is 31.2 Å². The summed E-state index contributed by atoms with van der Waals surface area (Å²) in [5.74, 6) is -0.329. The highest BCUT2D eigenvalue weighted by atomic mass is 16.3. The molecule has 0 fully saturated rings. The van der Waals surface area contributed by atoms with Crippen molar-refractivity contribution >= 4 is 5.91 Å². The van der Waals surface area contributed by atoms with Gasteiger partial charge in [-0.05, 0) is 26.0 Å². The molecule has 0 aliphatic rings. The summed E-state index contributed by atoms with van der Waals surface area (Å²) in [7, 11) is 0. The zero-order valence-corrected chi connectivity index (χ0v) is 10.9. The molecule has 100 valence electrons. The lowest BCUT2D eigenvalue weighted by Gasteiger charge is -2.04. The molecule has 1 aromatic carbocycles. The topological polar surface area (TPSA) is 80.0 Å². The third-order valence-electron chi connectivity index (χ3n) is 2.79. The number of carbonyl (C=O) groups excluding carboxylic acids is 1. The average Bonchev–Trinajstić information content (AvgIpc) is 2.79. The number of carbonyl (C=O) groups is 1. The largest absolute Gasteiger partial charge is 0.395 e. The maximum atomic E-state index is 11.8. The van der Waals surface area contributed by atoms with Crippen LogP contribution in [0.3, 0.4) is 0 Å². The second kappa shape index (κ2) is 5.62. The number of aromatic nitrogens is 3. The number of aliphatic hydroxyl groups is 1. The van der Waals surface area contributed by atoms with Crippen molar-refractivity contribution in [3.05, 3.63) is 41.2 Å². The highest BCUT2D eigenvalue weighted by Crippen LogP contribution is 2.12. The number of nitrogens with zero attached hydrogens (tertiary/aromatic N) is 3. The van der Waals surface area contributed by atoms with Crippen LogP contribution in [-0.2, 0) is 0 Å². The van der Waals surface area contributed by atoms with Crippen LogP contribution >= 0.6 is 0 Å². The van der Waals surface area contributed by atoms with Crippen LogP contribution in [-0.4, -0.2) is 39.2 Å². The number of aliphatic hydroxyl groups excluding tert-OH is 1. The summed E-state index contributed by atoms with van der Waals surface area (Å²) in [6.07, 6.45) is 0. The van der Waals surface area contributed by atoms with Crippen molar-refractivity contribution in [2.24, 2.45) is 0 Å². The Morgan fingerprint density at radius 1 is 1.32 bits per heavy atom. The predicted octanol–water partition coefficient (Wildman–Crippen LogP) is 0.606. The summed E-state index contributed by atoms with van der Waals surface area (Å²) in [6.45, 7) is 3.89. The van der Waals surface area contributed by atoms with Crippen LogP contribution in [0.1, 0.15) is 21.7 Å². The van der Waals surface area contributed by atoms with Gasteiger partial charge in [0.25, 0.3) is 5.91 Å². The first-order valence-corrected chi connectivity index (χ1v) is 6.02. The number of hydrogen-bond donors (Lipinski definition) is 2. The third kappa shape index (κ3) is 2.79. The summed E-state index contributed by atoms with van der Waals surface area (Å²) < 4.78 is 1.62. The van der Waals surface area contributed by atoms with Crippen LogP contribution < -0.4 is 5.32 Å². The van der Waals surface area contributed by atoms with Crippen molar-refractivity contribution < 1.29 is 9.90 Å². The fourth-order valence-corrected chi connectivity index (χ4v) is 1.72. The van der Waals surface area contributed by atoms with Crippen molar-refractivity contribution in [3.8, 4) is 5.69 Å². The minimum absolute atomic E-state index is 0.100. The average molecular weight is 260 g/mol. The Morgan fingerprint density at radius 3 is 2.63 bits per heavy atom. The first kappa shape index (κ1) is 13.2. The Morgan fingerprint density at radius 2 is 2.00 bits per heavy atom. The van der Waals surface area contributed by atoms with E-state index in [1.54, 1.807) is 11.6 Å². The van der Waals surface area contributed by atoms with Crippen molar-refractivity contribution in [1.29, 1.82) is 0 Å². The summed E-state index contributed by atoms with van der Waals surface area (Å²) in [4.78, 5) is 11.8. The molecule has 0 aliphatic heterocycles. The van der Waals surface area contributed by atoms with Gasteiger partial charge in [0.1, 0.15) is 0 Å². The van der Waals surface area contributed by atoms with Gasteiger partial charge in [-0.2, -0.15) is 0 Å². The van der Waals surface area contributed by atoms with Gasteiger partial charge >= 0.3 is 0 Å². The highest BCUT2D eigenvalue weighted by molar-refractivity contribution is 5.93. The van der Waals surface area contributed by atoms with E-state index in [0.29, 0.717) is 5.69 Å². The molecular formula is C13H16N4O2. The number of rotatable bonds is 4. The molecule has 0 aliphatic carbocycles. The van der Waals surface area contributed by atoms with Crippen LogP contribution in [0.2, 0.25) is 0 Å². The molecule has 0 saturated heterocycles. The van der Waals surface area contributed by atoms with Crippen molar-refractivity contribution in [1.82, 2.24) is 20.3 Å². The molecule has 2 rings (SSSR count). The van der Waals surface area contributed by atoms with Crippen molar-refractivity contribution in [2.75, 3.05) is 13.2 Å². The minimum atomic E-state index is -0.329. The molecule has 1 amide bonds. The Bertz CT molecular complexity index is 575. The van der Waals surface area contributed by atoms with E-state index in [2.05, 4.69) is 15.6 Å². The fourth-order valence-electron chi connectivity index (χ4n) is 1.72. The Balaban J connectivity index is 2.27. The molecule has 0 bridgehead atoms. The minimum Gasteiger partial charge on any atom is -0.395 e. The van der Waals surface area contributed by atoms with E-state index in [9.17, 15) is 4.79 Å². The van der Waals surface area contributed by atoms with Crippen LogP contribution in [0, 0.1) is 13.8 Å². The van der Waals surface area contributed by atoms with E-state index in [0.717, 1.165) is 11.3 Å². The molecule has 2 N–H and O–H groups in total. The van der Waals surface area contributed by atoms with Gasteiger partial charge in [-0.1, -0.05) is 22.9 Å². The van der Waals surface area contributed by atoms with Crippen molar-refractivity contribution in [3.63, 3.8) is 0 Å². The molecule has 2 aromatic rings. The van der Waals surface area contributed by atoms with Gasteiger partial charge < -0.3 is 10.4 Å². The van der Waals surface area contributed by atoms with Gasteiger partial charge in [-0.25, -0.2) is 4.68 Å². The molecule has 1 heterocycles. The molecule has 6 heteroatoms. The van der Waals surface area contributed by atoms with Gasteiger partial charge in [0.05, 0.1) is 18.0 Å². The molecule has 19 heavy (non-hydrogen) atoms. The van der Waals surface area contributed by atoms with E-state index in [1.165, 1.54) is 0 Å². The maximum absolute atomic E-state index is 11.8. The number of nitrogens with one attached hydrogen (secondary N) is 1. The Labute approximate surface area is 111 Å². The molecule has 0 saturated carbocycles. The number of aryl methyl sites for hydroxylation is 1. The zero-order valence-electron chi connectivity index (χ0n) is 10.9. The van der Waals surface area contributed by atoms with Crippen LogP contribution in [0.4, 0.5) is 0 Å². The normalized spacial score (nSPS) is 10.5. The monoisotopic (exact) mass is 260 g/mol. The zero-order chi connectivity index (χ0) is 13.8. The van der Waals surface area contributed by atoms with Gasteiger partial charge in [-0.3, -0.25) is 4.79 Å². The molecule has 6 nitrogen and oxygen atoms in total. The summed E-state index contributed by atoms with van der Waals surface area (Å²) >= 11 is 0. The number of amides is 1. The SMILES string of the molecule is Cc1ccc(-n2nnc(C(=O)NCCO)c2C)cc1. The highest BCUT2D eigenvalue weighted by Gasteiger charge is 2.16. The van der Waals surface area contributed by atoms with Gasteiger partial charge in [0.2, 0.25) is 0 Å². The summed E-state index contributed by atoms with van der Waals surface area (Å²) in [6, 6.07) is 7.79. The molecule has 0 atom stereocenters. The molecule has 0 radical (unpaired) electrons. The van der Waals surface area contributed by atoms with Gasteiger partial charge in [0.15, 0.2) is 5.69 Å². The Kier molecular flexibility index (Phi) is 3.91. The van der Waals surface area contributed by atoms with E-state index >= 15 is 0 Å². The summed E-state index contributed by atoms with van der Waals surface area (Å²) in [5.41, 5.74) is 2.95. The third-order valence-corrected chi connectivity index (χ3v) is 2.79. The lowest BCUT2D eigenvalue weighted by atomic mass is 10.2. The second-order valence-corrected chi connectivity index (χ2v) is 4.25. The lowest BCUT2D eigenvalue weighted by Crippen LogP contribution is -2.27. The van der Waals surface area contributed by atoms with Crippen molar-refractivity contribution in [2.45, 2.75) is 13.8 Å². The van der Waals surface area contributed by atoms with Gasteiger partial charge in [-0.15, -0.1) is 5.10 Å². The molecular weight excluding hydrogens is 244 g/mol. The number of benzene rings is 1. The van der Waals surface area contributed by atoms with Crippen LogP contribution in [0.15, 0.2) is 24.3 Å².